The summed E-state index contributed by atoms with van der Waals surface area (Å²) in [7, 11) is 0. The van der Waals surface area contributed by atoms with E-state index in [0.29, 0.717) is 10.8 Å². The second-order valence-corrected chi connectivity index (χ2v) is 4.55. The topological polar surface area (TPSA) is 56.2 Å². The Balaban J connectivity index is 2.31. The van der Waals surface area contributed by atoms with E-state index in [2.05, 4.69) is 9.97 Å². The lowest BCUT2D eigenvalue weighted by molar-refractivity contribution is 1.20. The maximum atomic E-state index is 6.12. The Morgan fingerprint density at radius 3 is 2.89 bits per heavy atom. The van der Waals surface area contributed by atoms with Crippen molar-refractivity contribution < 1.29 is 0 Å². The van der Waals surface area contributed by atoms with Crippen LogP contribution in [0.3, 0.4) is 0 Å². The van der Waals surface area contributed by atoms with E-state index in [1.165, 1.54) is 0 Å². The third kappa shape index (κ3) is 1.62. The molecule has 3 aromatic heterocycles. The minimum Gasteiger partial charge on any atom is -0.383 e. The average molecular weight is 259 g/mol. The van der Waals surface area contributed by atoms with Crippen LogP contribution in [-0.4, -0.2) is 14.4 Å². The summed E-state index contributed by atoms with van der Waals surface area (Å²) in [5.41, 5.74) is 9.66. The molecule has 0 aromatic carbocycles. The van der Waals surface area contributed by atoms with Crippen LogP contribution in [0, 0.1) is 6.92 Å². The number of anilines is 1. The Kier molecular flexibility index (Phi) is 2.45. The van der Waals surface area contributed by atoms with Crippen LogP contribution in [0.2, 0.25) is 5.02 Å². The number of halogens is 1. The first-order chi connectivity index (χ1) is 8.66. The van der Waals surface area contributed by atoms with Gasteiger partial charge in [0.05, 0.1) is 5.02 Å². The highest BCUT2D eigenvalue weighted by Gasteiger charge is 2.13. The van der Waals surface area contributed by atoms with Crippen molar-refractivity contribution in [1.29, 1.82) is 0 Å². The molecule has 0 fully saturated rings. The van der Waals surface area contributed by atoms with Gasteiger partial charge in [-0.3, -0.25) is 9.38 Å². The number of aryl methyl sites for hydroxylation is 1. The first kappa shape index (κ1) is 11.0. The minimum atomic E-state index is 0.573. The van der Waals surface area contributed by atoms with E-state index in [1.54, 1.807) is 29.1 Å². The smallest absolute Gasteiger partial charge is 0.139 e. The number of nitrogens with two attached hydrogens (primary N) is 1. The third-order valence-electron chi connectivity index (χ3n) is 2.91. The Morgan fingerprint density at radius 2 is 2.11 bits per heavy atom. The second-order valence-electron chi connectivity index (χ2n) is 4.11. The van der Waals surface area contributed by atoms with Gasteiger partial charge in [0.1, 0.15) is 17.2 Å². The number of aromatic nitrogens is 3. The van der Waals surface area contributed by atoms with E-state index in [9.17, 15) is 0 Å². The number of nitrogens with zero attached hydrogens (tertiary/aromatic N) is 3. The summed E-state index contributed by atoms with van der Waals surface area (Å²) in [4.78, 5) is 8.64. The molecule has 0 saturated carbocycles. The first-order valence-electron chi connectivity index (χ1n) is 5.51. The zero-order valence-electron chi connectivity index (χ0n) is 9.76. The van der Waals surface area contributed by atoms with Gasteiger partial charge in [-0.25, -0.2) is 4.98 Å². The number of hydrogen-bond acceptors (Lipinski definition) is 3. The van der Waals surface area contributed by atoms with Crippen molar-refractivity contribution in [3.63, 3.8) is 0 Å². The highest BCUT2D eigenvalue weighted by Crippen LogP contribution is 2.28. The molecule has 3 rings (SSSR count). The van der Waals surface area contributed by atoms with E-state index in [0.717, 1.165) is 22.5 Å². The predicted octanol–water partition coefficient (Wildman–Crippen LogP) is 2.94. The van der Waals surface area contributed by atoms with Crippen molar-refractivity contribution >= 4 is 23.1 Å². The molecular weight excluding hydrogens is 248 g/mol. The Morgan fingerprint density at radius 1 is 1.28 bits per heavy atom. The average Bonchev–Trinajstić information content (AvgIpc) is 2.68. The summed E-state index contributed by atoms with van der Waals surface area (Å²) in [5, 5.41) is 0.626. The molecule has 3 aromatic rings. The van der Waals surface area contributed by atoms with Crippen LogP contribution in [0.1, 0.15) is 5.56 Å². The maximum Gasteiger partial charge on any atom is 0.139 e. The van der Waals surface area contributed by atoms with Gasteiger partial charge in [-0.05, 0) is 30.7 Å². The highest BCUT2D eigenvalue weighted by molar-refractivity contribution is 6.30. The lowest BCUT2D eigenvalue weighted by Gasteiger charge is -2.02. The number of hydrogen-bond donors (Lipinski definition) is 1. The lowest BCUT2D eigenvalue weighted by atomic mass is 10.1. The summed E-state index contributed by atoms with van der Waals surface area (Å²) in [5.74, 6) is 0.573. The van der Waals surface area contributed by atoms with Gasteiger partial charge in [-0.15, -0.1) is 0 Å². The van der Waals surface area contributed by atoms with Crippen molar-refractivity contribution in [2.24, 2.45) is 0 Å². The zero-order valence-corrected chi connectivity index (χ0v) is 10.5. The van der Waals surface area contributed by atoms with Gasteiger partial charge in [0.15, 0.2) is 0 Å². The maximum absolute atomic E-state index is 6.12. The van der Waals surface area contributed by atoms with Crippen molar-refractivity contribution in [3.05, 3.63) is 47.4 Å². The van der Waals surface area contributed by atoms with E-state index < -0.39 is 0 Å². The van der Waals surface area contributed by atoms with E-state index >= 15 is 0 Å². The van der Waals surface area contributed by atoms with E-state index in [-0.39, 0.29) is 0 Å². The largest absolute Gasteiger partial charge is 0.383 e. The number of nitrogen functional groups attached to an aromatic ring is 1. The van der Waals surface area contributed by atoms with Crippen LogP contribution >= 0.6 is 11.6 Å². The third-order valence-corrected chi connectivity index (χ3v) is 3.14. The molecule has 0 aliphatic carbocycles. The Labute approximate surface area is 109 Å². The van der Waals surface area contributed by atoms with E-state index in [1.807, 2.05) is 19.1 Å². The molecule has 0 amide bonds. The Hall–Kier alpha value is -2.07. The fraction of sp³-hybridized carbons (Fsp3) is 0.0769. The SMILES string of the molecule is Cc1ccncc1-c1nc2ccc(Cl)cn2c1N. The first-order valence-corrected chi connectivity index (χ1v) is 5.88. The molecule has 0 aliphatic heterocycles. The summed E-state index contributed by atoms with van der Waals surface area (Å²) in [6.45, 7) is 2.01. The second kappa shape index (κ2) is 3.99. The fourth-order valence-corrected chi connectivity index (χ4v) is 2.11. The normalized spacial score (nSPS) is 11.0. The van der Waals surface area contributed by atoms with Crippen LogP contribution < -0.4 is 5.73 Å². The standard InChI is InChI=1S/C13H11ClN4/c1-8-4-5-16-6-10(8)12-13(15)18-7-9(14)2-3-11(18)17-12/h2-7H,15H2,1H3. The highest BCUT2D eigenvalue weighted by atomic mass is 35.5. The predicted molar refractivity (Wildman–Crippen MR) is 72.6 cm³/mol. The van der Waals surface area contributed by atoms with Crippen molar-refractivity contribution in [2.75, 3.05) is 5.73 Å². The molecule has 0 atom stereocenters. The molecule has 2 N–H and O–H groups in total. The molecule has 4 nitrogen and oxygen atoms in total. The van der Waals surface area contributed by atoms with Crippen molar-refractivity contribution in [2.45, 2.75) is 6.92 Å². The van der Waals surface area contributed by atoms with Crippen LogP contribution in [0.25, 0.3) is 16.9 Å². The molecule has 0 spiro atoms. The molecule has 5 heteroatoms. The number of pyridine rings is 2. The molecule has 3 heterocycles. The number of fused-ring (bicyclic) bond motifs is 1. The van der Waals surface area contributed by atoms with Gasteiger partial charge >= 0.3 is 0 Å². The van der Waals surface area contributed by atoms with Crippen molar-refractivity contribution in [1.82, 2.24) is 14.4 Å². The minimum absolute atomic E-state index is 0.573. The molecule has 0 unspecified atom stereocenters. The molecular formula is C13H11ClN4. The van der Waals surface area contributed by atoms with Crippen LogP contribution in [0.4, 0.5) is 5.82 Å². The fourth-order valence-electron chi connectivity index (χ4n) is 1.95. The summed E-state index contributed by atoms with van der Waals surface area (Å²) in [6.07, 6.45) is 5.28. The summed E-state index contributed by atoms with van der Waals surface area (Å²) >= 11 is 5.96. The summed E-state index contributed by atoms with van der Waals surface area (Å²) < 4.78 is 1.78. The van der Waals surface area contributed by atoms with Crippen LogP contribution in [-0.2, 0) is 0 Å². The molecule has 90 valence electrons. The van der Waals surface area contributed by atoms with Gasteiger partial charge < -0.3 is 5.73 Å². The molecule has 0 radical (unpaired) electrons. The van der Waals surface area contributed by atoms with E-state index in [4.69, 9.17) is 17.3 Å². The summed E-state index contributed by atoms with van der Waals surface area (Å²) in [6, 6.07) is 5.57. The molecule has 0 aliphatic rings. The monoisotopic (exact) mass is 258 g/mol. The number of rotatable bonds is 1. The van der Waals surface area contributed by atoms with Crippen LogP contribution in [0.5, 0.6) is 0 Å². The molecule has 18 heavy (non-hydrogen) atoms. The number of imidazole rings is 1. The lowest BCUT2D eigenvalue weighted by Crippen LogP contribution is -1.95. The molecule has 0 bridgehead atoms. The van der Waals surface area contributed by atoms with Gasteiger partial charge in [-0.1, -0.05) is 11.6 Å². The quantitative estimate of drug-likeness (QED) is 0.730. The van der Waals surface area contributed by atoms with Crippen LogP contribution in [0.15, 0.2) is 36.8 Å². The zero-order chi connectivity index (χ0) is 12.7. The van der Waals surface area contributed by atoms with Gasteiger partial charge in [0.25, 0.3) is 0 Å². The van der Waals surface area contributed by atoms with Gasteiger partial charge in [0.2, 0.25) is 0 Å². The van der Waals surface area contributed by atoms with Crippen molar-refractivity contribution in [3.8, 4) is 11.3 Å². The molecule has 0 saturated heterocycles. The van der Waals surface area contributed by atoms with Gasteiger partial charge in [-0.2, -0.15) is 0 Å². The Bertz CT molecular complexity index is 733. The van der Waals surface area contributed by atoms with Gasteiger partial charge in [0, 0.05) is 24.2 Å².